The van der Waals surface area contributed by atoms with E-state index >= 15 is 0 Å². The number of hydrogen-bond donors (Lipinski definition) is 1. The summed E-state index contributed by atoms with van der Waals surface area (Å²) in [6, 6.07) is 14.4. The van der Waals surface area contributed by atoms with Gasteiger partial charge in [-0.05, 0) is 61.6 Å². The smallest absolute Gasteiger partial charge is 0.243 e. The van der Waals surface area contributed by atoms with Crippen LogP contribution in [0.15, 0.2) is 53.4 Å². The highest BCUT2D eigenvalue weighted by Crippen LogP contribution is 2.27. The van der Waals surface area contributed by atoms with Gasteiger partial charge in [-0.1, -0.05) is 31.2 Å². The Bertz CT molecular complexity index is 965. The lowest BCUT2D eigenvalue weighted by atomic mass is 9.94. The maximum absolute atomic E-state index is 12.9. The number of rotatable bonds is 7. The monoisotopic (exact) mass is 430 g/mol. The maximum Gasteiger partial charge on any atom is 0.243 e. The van der Waals surface area contributed by atoms with Crippen molar-refractivity contribution in [1.82, 2.24) is 9.62 Å². The zero-order valence-electron chi connectivity index (χ0n) is 17.8. The van der Waals surface area contributed by atoms with Gasteiger partial charge in [0.1, 0.15) is 5.75 Å². The number of carbonyl (C=O) groups is 1. The molecule has 1 heterocycles. The summed E-state index contributed by atoms with van der Waals surface area (Å²) in [6.07, 6.45) is 1.85. The maximum atomic E-state index is 12.9. The van der Waals surface area contributed by atoms with Crippen molar-refractivity contribution in [2.24, 2.45) is 5.92 Å². The molecule has 30 heavy (non-hydrogen) atoms. The Balaban J connectivity index is 1.61. The van der Waals surface area contributed by atoms with E-state index < -0.39 is 10.0 Å². The van der Waals surface area contributed by atoms with Gasteiger partial charge >= 0.3 is 0 Å². The zero-order chi connectivity index (χ0) is 21.7. The summed E-state index contributed by atoms with van der Waals surface area (Å²) < 4.78 is 32.4. The zero-order valence-corrected chi connectivity index (χ0v) is 18.6. The van der Waals surface area contributed by atoms with Crippen LogP contribution in [0.5, 0.6) is 5.75 Å². The average Bonchev–Trinajstić information content (AvgIpc) is 2.78. The quantitative estimate of drug-likeness (QED) is 0.727. The van der Waals surface area contributed by atoms with Crippen LogP contribution < -0.4 is 10.1 Å². The molecule has 1 saturated heterocycles. The van der Waals surface area contributed by atoms with Crippen LogP contribution >= 0.6 is 0 Å². The Morgan fingerprint density at radius 2 is 1.77 bits per heavy atom. The number of piperidine rings is 1. The highest BCUT2D eigenvalue weighted by Gasteiger charge is 2.32. The molecule has 0 aromatic heterocycles. The number of aryl methyl sites for hydroxylation is 1. The highest BCUT2D eigenvalue weighted by atomic mass is 32.2. The van der Waals surface area contributed by atoms with Crippen molar-refractivity contribution in [3.8, 4) is 5.75 Å². The van der Waals surface area contributed by atoms with Crippen LogP contribution in [0.2, 0.25) is 0 Å². The molecule has 0 saturated carbocycles. The van der Waals surface area contributed by atoms with E-state index in [1.165, 1.54) is 4.31 Å². The van der Waals surface area contributed by atoms with Crippen molar-refractivity contribution in [3.63, 3.8) is 0 Å². The second kappa shape index (κ2) is 9.62. The first-order valence-electron chi connectivity index (χ1n) is 10.4. The summed E-state index contributed by atoms with van der Waals surface area (Å²) in [5.41, 5.74) is 2.29. The highest BCUT2D eigenvalue weighted by molar-refractivity contribution is 7.89. The van der Waals surface area contributed by atoms with Crippen molar-refractivity contribution in [2.75, 3.05) is 20.2 Å². The molecule has 1 atom stereocenters. The minimum absolute atomic E-state index is 0.00611. The SMILES string of the molecule is CCC(NC(=O)C1CCN(S(=O)(=O)c2ccc(OC)cc2)CC1)c1ccccc1C. The molecule has 1 amide bonds. The van der Waals surface area contributed by atoms with Gasteiger partial charge in [-0.2, -0.15) is 4.31 Å². The van der Waals surface area contributed by atoms with Gasteiger partial charge in [0.05, 0.1) is 18.0 Å². The van der Waals surface area contributed by atoms with E-state index in [0.29, 0.717) is 31.7 Å². The molecule has 162 valence electrons. The van der Waals surface area contributed by atoms with E-state index in [1.807, 2.05) is 31.2 Å². The van der Waals surface area contributed by atoms with Crippen LogP contribution in [0.1, 0.15) is 43.4 Å². The van der Waals surface area contributed by atoms with Gasteiger partial charge in [-0.3, -0.25) is 4.79 Å². The van der Waals surface area contributed by atoms with Crippen molar-refractivity contribution in [1.29, 1.82) is 0 Å². The fourth-order valence-electron chi connectivity index (χ4n) is 3.92. The largest absolute Gasteiger partial charge is 0.497 e. The third-order valence-corrected chi connectivity index (χ3v) is 7.72. The molecule has 0 spiro atoms. The van der Waals surface area contributed by atoms with Gasteiger partial charge in [0.2, 0.25) is 15.9 Å². The molecule has 3 rings (SSSR count). The molecule has 7 heteroatoms. The molecule has 1 unspecified atom stereocenters. The first-order chi connectivity index (χ1) is 14.4. The Labute approximate surface area is 179 Å². The second-order valence-electron chi connectivity index (χ2n) is 7.68. The molecular weight excluding hydrogens is 400 g/mol. The van der Waals surface area contributed by atoms with Crippen LogP contribution in [-0.2, 0) is 14.8 Å². The van der Waals surface area contributed by atoms with Gasteiger partial charge in [0.15, 0.2) is 0 Å². The van der Waals surface area contributed by atoms with E-state index in [-0.39, 0.29) is 22.8 Å². The number of ether oxygens (including phenoxy) is 1. The predicted octanol–water partition coefficient (Wildman–Crippen LogP) is 3.67. The molecular formula is C23H30N2O4S. The molecule has 0 bridgehead atoms. The van der Waals surface area contributed by atoms with E-state index in [2.05, 4.69) is 12.2 Å². The number of carbonyl (C=O) groups excluding carboxylic acids is 1. The summed E-state index contributed by atoms with van der Waals surface area (Å²) in [5, 5.41) is 3.17. The summed E-state index contributed by atoms with van der Waals surface area (Å²) >= 11 is 0. The lowest BCUT2D eigenvalue weighted by molar-refractivity contribution is -0.126. The lowest BCUT2D eigenvalue weighted by Crippen LogP contribution is -2.43. The van der Waals surface area contributed by atoms with E-state index in [1.54, 1.807) is 31.4 Å². The Morgan fingerprint density at radius 3 is 2.33 bits per heavy atom. The van der Waals surface area contributed by atoms with E-state index in [9.17, 15) is 13.2 Å². The number of hydrogen-bond acceptors (Lipinski definition) is 4. The lowest BCUT2D eigenvalue weighted by Gasteiger charge is -2.31. The average molecular weight is 431 g/mol. The minimum atomic E-state index is -3.57. The Morgan fingerprint density at radius 1 is 1.13 bits per heavy atom. The number of methoxy groups -OCH3 is 1. The summed E-state index contributed by atoms with van der Waals surface area (Å²) in [6.45, 7) is 4.79. The molecule has 2 aromatic carbocycles. The molecule has 1 N–H and O–H groups in total. The van der Waals surface area contributed by atoms with Crippen molar-refractivity contribution < 1.29 is 17.9 Å². The first-order valence-corrected chi connectivity index (χ1v) is 11.8. The number of amides is 1. The predicted molar refractivity (Wildman–Crippen MR) is 117 cm³/mol. The Kier molecular flexibility index (Phi) is 7.15. The topological polar surface area (TPSA) is 75.7 Å². The van der Waals surface area contributed by atoms with Gasteiger partial charge in [0.25, 0.3) is 0 Å². The standard InChI is InChI=1S/C23H30N2O4S/c1-4-22(21-8-6-5-7-17(21)2)24-23(26)18-13-15-25(16-14-18)30(27,28)20-11-9-19(29-3)10-12-20/h5-12,18,22H,4,13-16H2,1-3H3,(H,24,26). The van der Waals surface area contributed by atoms with Crippen molar-refractivity contribution >= 4 is 15.9 Å². The van der Waals surface area contributed by atoms with Gasteiger partial charge in [-0.25, -0.2) is 8.42 Å². The van der Waals surface area contributed by atoms with Gasteiger partial charge in [0, 0.05) is 19.0 Å². The Hall–Kier alpha value is -2.38. The molecule has 1 aliphatic rings. The fraction of sp³-hybridized carbons (Fsp3) is 0.435. The van der Waals surface area contributed by atoms with E-state index in [0.717, 1.165) is 17.5 Å². The molecule has 0 radical (unpaired) electrons. The number of sulfonamides is 1. The summed E-state index contributed by atoms with van der Waals surface area (Å²) in [4.78, 5) is 13.1. The van der Waals surface area contributed by atoms with Crippen LogP contribution in [0.4, 0.5) is 0 Å². The van der Waals surface area contributed by atoms with Crippen molar-refractivity contribution in [2.45, 2.75) is 44.0 Å². The molecule has 1 fully saturated rings. The van der Waals surface area contributed by atoms with Crippen LogP contribution in [0.25, 0.3) is 0 Å². The molecule has 6 nitrogen and oxygen atoms in total. The van der Waals surface area contributed by atoms with Crippen LogP contribution in [-0.4, -0.2) is 38.8 Å². The van der Waals surface area contributed by atoms with Gasteiger partial charge in [-0.15, -0.1) is 0 Å². The number of benzene rings is 2. The molecule has 0 aliphatic carbocycles. The summed E-state index contributed by atoms with van der Waals surface area (Å²) in [7, 11) is -2.02. The molecule has 2 aromatic rings. The number of nitrogens with one attached hydrogen (secondary N) is 1. The van der Waals surface area contributed by atoms with Gasteiger partial charge < -0.3 is 10.1 Å². The van der Waals surface area contributed by atoms with Crippen molar-refractivity contribution in [3.05, 3.63) is 59.7 Å². The van der Waals surface area contributed by atoms with E-state index in [4.69, 9.17) is 4.74 Å². The number of nitrogens with zero attached hydrogens (tertiary/aromatic N) is 1. The van der Waals surface area contributed by atoms with Crippen LogP contribution in [0, 0.1) is 12.8 Å². The van der Waals surface area contributed by atoms with Crippen LogP contribution in [0.3, 0.4) is 0 Å². The normalized spacial score (nSPS) is 16.8. The molecule has 1 aliphatic heterocycles. The first kappa shape index (κ1) is 22.3. The third-order valence-electron chi connectivity index (χ3n) is 5.81. The third kappa shape index (κ3) is 4.84. The fourth-order valence-corrected chi connectivity index (χ4v) is 5.39. The summed E-state index contributed by atoms with van der Waals surface area (Å²) in [5.74, 6) is 0.445. The second-order valence-corrected chi connectivity index (χ2v) is 9.62. The minimum Gasteiger partial charge on any atom is -0.497 e.